The molecule has 144 valence electrons. The van der Waals surface area contributed by atoms with E-state index in [2.05, 4.69) is 27.4 Å². The fourth-order valence-corrected chi connectivity index (χ4v) is 2.98. The Morgan fingerprint density at radius 1 is 1.00 bits per heavy atom. The van der Waals surface area contributed by atoms with Crippen LogP contribution >= 0.6 is 0 Å². The zero-order valence-corrected chi connectivity index (χ0v) is 15.7. The molecule has 6 nitrogen and oxygen atoms in total. The molecule has 2 amide bonds. The zero-order valence-electron chi connectivity index (χ0n) is 15.7. The van der Waals surface area contributed by atoms with Crippen molar-refractivity contribution in [1.82, 2.24) is 10.2 Å². The van der Waals surface area contributed by atoms with Gasteiger partial charge in [-0.05, 0) is 41.5 Å². The lowest BCUT2D eigenvalue weighted by molar-refractivity contribution is 0.262. The van der Waals surface area contributed by atoms with Crippen LogP contribution < -0.4 is 15.4 Å². The average Bonchev–Trinajstić information content (AvgIpc) is 3.15. The molecule has 0 bridgehead atoms. The Morgan fingerprint density at radius 2 is 1.76 bits per heavy atom. The van der Waals surface area contributed by atoms with Crippen LogP contribution in [0.15, 0.2) is 85.5 Å². The number of benzene rings is 3. The van der Waals surface area contributed by atoms with Crippen molar-refractivity contribution in [2.75, 3.05) is 17.2 Å². The van der Waals surface area contributed by atoms with E-state index in [-0.39, 0.29) is 6.03 Å². The van der Waals surface area contributed by atoms with E-state index >= 15 is 0 Å². The number of nitrogens with one attached hydrogen (secondary N) is 3. The zero-order chi connectivity index (χ0) is 20.1. The van der Waals surface area contributed by atoms with Crippen LogP contribution in [0.3, 0.4) is 0 Å². The van der Waals surface area contributed by atoms with Crippen LogP contribution in [0.2, 0.25) is 0 Å². The van der Waals surface area contributed by atoms with Gasteiger partial charge in [0.25, 0.3) is 0 Å². The van der Waals surface area contributed by atoms with E-state index in [1.165, 1.54) is 0 Å². The number of fused-ring (bicyclic) bond motifs is 1. The van der Waals surface area contributed by atoms with Gasteiger partial charge in [0.2, 0.25) is 0 Å². The third kappa shape index (κ3) is 4.27. The third-order valence-corrected chi connectivity index (χ3v) is 4.38. The van der Waals surface area contributed by atoms with Gasteiger partial charge < -0.3 is 10.1 Å². The molecule has 0 saturated heterocycles. The summed E-state index contributed by atoms with van der Waals surface area (Å²) in [6.45, 7) is 4.05. The highest BCUT2D eigenvalue weighted by Crippen LogP contribution is 2.26. The van der Waals surface area contributed by atoms with Gasteiger partial charge >= 0.3 is 6.03 Å². The normalized spacial score (nSPS) is 10.5. The highest BCUT2D eigenvalue weighted by atomic mass is 16.5. The van der Waals surface area contributed by atoms with Crippen molar-refractivity contribution in [2.45, 2.75) is 0 Å². The van der Waals surface area contributed by atoms with Crippen LogP contribution in [0.5, 0.6) is 5.75 Å². The number of anilines is 2. The Bertz CT molecular complexity index is 1130. The molecule has 0 aliphatic carbocycles. The molecule has 0 aliphatic heterocycles. The van der Waals surface area contributed by atoms with E-state index in [0.29, 0.717) is 23.9 Å². The number of nitrogens with zero attached hydrogens (tertiary/aromatic N) is 1. The van der Waals surface area contributed by atoms with E-state index in [4.69, 9.17) is 4.74 Å². The fraction of sp³-hybridized carbons (Fsp3) is 0.0435. The molecule has 0 fully saturated rings. The molecule has 1 aromatic heterocycles. The Hall–Kier alpha value is -4.06. The summed E-state index contributed by atoms with van der Waals surface area (Å²) in [5, 5.41) is 13.4. The van der Waals surface area contributed by atoms with Gasteiger partial charge in [0.05, 0.1) is 5.52 Å². The predicted molar refractivity (Wildman–Crippen MR) is 116 cm³/mol. The third-order valence-electron chi connectivity index (χ3n) is 4.38. The fourth-order valence-electron chi connectivity index (χ4n) is 2.98. The van der Waals surface area contributed by atoms with Gasteiger partial charge in [-0.3, -0.25) is 10.4 Å². The minimum Gasteiger partial charge on any atom is -0.490 e. The summed E-state index contributed by atoms with van der Waals surface area (Å²) in [5.41, 5.74) is 3.71. The summed E-state index contributed by atoms with van der Waals surface area (Å²) < 4.78 is 5.55. The van der Waals surface area contributed by atoms with Gasteiger partial charge in [-0.15, -0.1) is 0 Å². The average molecular weight is 384 g/mol. The molecule has 3 N–H and O–H groups in total. The summed E-state index contributed by atoms with van der Waals surface area (Å²) in [4.78, 5) is 12.4. The molecule has 0 atom stereocenters. The van der Waals surface area contributed by atoms with Crippen molar-refractivity contribution in [2.24, 2.45) is 0 Å². The van der Waals surface area contributed by atoms with Crippen LogP contribution in [-0.2, 0) is 0 Å². The van der Waals surface area contributed by atoms with E-state index in [1.54, 1.807) is 6.08 Å². The first-order valence-corrected chi connectivity index (χ1v) is 9.18. The number of aromatic amines is 1. The van der Waals surface area contributed by atoms with E-state index in [1.807, 2.05) is 72.8 Å². The van der Waals surface area contributed by atoms with Crippen molar-refractivity contribution in [3.8, 4) is 16.9 Å². The molecule has 0 aliphatic rings. The predicted octanol–water partition coefficient (Wildman–Crippen LogP) is 5.44. The van der Waals surface area contributed by atoms with Crippen molar-refractivity contribution < 1.29 is 9.53 Å². The standard InChI is InChI=1S/C23H20N4O2/c1-2-14-29-19-12-13-21-20(15-19)22(27-26-21)25-23(28)24-18-10-8-17(9-11-18)16-6-4-3-5-7-16/h2-13,15H,1,14H2,(H3,24,25,26,27,28). The Morgan fingerprint density at radius 3 is 2.52 bits per heavy atom. The van der Waals surface area contributed by atoms with Crippen LogP contribution in [0, 0.1) is 0 Å². The van der Waals surface area contributed by atoms with Crippen LogP contribution in [0.25, 0.3) is 22.0 Å². The molecule has 3 aromatic carbocycles. The number of H-pyrrole nitrogens is 1. The molecule has 0 spiro atoms. The second-order valence-corrected chi connectivity index (χ2v) is 6.40. The van der Waals surface area contributed by atoms with Gasteiger partial charge in [-0.1, -0.05) is 55.1 Å². The lowest BCUT2D eigenvalue weighted by Crippen LogP contribution is -2.19. The summed E-state index contributed by atoms with van der Waals surface area (Å²) in [7, 11) is 0. The smallest absolute Gasteiger partial charge is 0.324 e. The summed E-state index contributed by atoms with van der Waals surface area (Å²) in [5.74, 6) is 1.11. The van der Waals surface area contributed by atoms with E-state index < -0.39 is 0 Å². The second-order valence-electron chi connectivity index (χ2n) is 6.40. The highest BCUT2D eigenvalue weighted by Gasteiger charge is 2.11. The molecular weight excluding hydrogens is 364 g/mol. The number of ether oxygens (including phenoxy) is 1. The number of carbonyl (C=O) groups is 1. The van der Waals surface area contributed by atoms with Crippen molar-refractivity contribution in [1.29, 1.82) is 0 Å². The molecule has 1 heterocycles. The number of hydrogen-bond acceptors (Lipinski definition) is 3. The minimum atomic E-state index is -0.372. The van der Waals surface area contributed by atoms with Crippen LogP contribution in [-0.4, -0.2) is 22.8 Å². The number of aromatic nitrogens is 2. The largest absolute Gasteiger partial charge is 0.490 e. The highest BCUT2D eigenvalue weighted by molar-refractivity contribution is 6.04. The number of carbonyl (C=O) groups excluding carboxylic acids is 1. The first kappa shape index (κ1) is 18.3. The molecule has 29 heavy (non-hydrogen) atoms. The van der Waals surface area contributed by atoms with Crippen LogP contribution in [0.1, 0.15) is 0 Å². The molecular formula is C23H20N4O2. The summed E-state index contributed by atoms with van der Waals surface area (Å²) >= 11 is 0. The molecule has 0 radical (unpaired) electrons. The topological polar surface area (TPSA) is 79.0 Å². The molecule has 4 aromatic rings. The van der Waals surface area contributed by atoms with Crippen molar-refractivity contribution in [3.63, 3.8) is 0 Å². The SMILES string of the molecule is C=CCOc1ccc2[nH]nc(NC(=O)Nc3ccc(-c4ccccc4)cc3)c2c1. The maximum Gasteiger partial charge on any atom is 0.324 e. The molecule has 0 saturated carbocycles. The van der Waals surface area contributed by atoms with Crippen LogP contribution in [0.4, 0.5) is 16.3 Å². The Balaban J connectivity index is 1.45. The number of amides is 2. The van der Waals surface area contributed by atoms with E-state index in [9.17, 15) is 4.79 Å². The molecule has 0 unspecified atom stereocenters. The van der Waals surface area contributed by atoms with Gasteiger partial charge in [0, 0.05) is 11.1 Å². The number of rotatable bonds is 6. The quantitative estimate of drug-likeness (QED) is 0.387. The molecule has 4 rings (SSSR count). The summed E-state index contributed by atoms with van der Waals surface area (Å²) in [6, 6.07) is 22.9. The van der Waals surface area contributed by atoms with Gasteiger partial charge in [-0.2, -0.15) is 5.10 Å². The lowest BCUT2D eigenvalue weighted by atomic mass is 10.1. The second kappa shape index (κ2) is 8.31. The minimum absolute atomic E-state index is 0.372. The number of urea groups is 1. The lowest BCUT2D eigenvalue weighted by Gasteiger charge is -2.08. The van der Waals surface area contributed by atoms with E-state index in [0.717, 1.165) is 22.0 Å². The van der Waals surface area contributed by atoms with Gasteiger partial charge in [0.15, 0.2) is 5.82 Å². The first-order chi connectivity index (χ1) is 14.2. The van der Waals surface area contributed by atoms with Crippen molar-refractivity contribution in [3.05, 3.63) is 85.5 Å². The number of hydrogen-bond donors (Lipinski definition) is 3. The van der Waals surface area contributed by atoms with Crippen molar-refractivity contribution >= 4 is 28.4 Å². The Labute approximate surface area is 168 Å². The summed E-state index contributed by atoms with van der Waals surface area (Å²) in [6.07, 6.45) is 1.68. The Kier molecular flexibility index (Phi) is 5.25. The van der Waals surface area contributed by atoms with Gasteiger partial charge in [0.1, 0.15) is 12.4 Å². The maximum absolute atomic E-state index is 12.4. The first-order valence-electron chi connectivity index (χ1n) is 9.18. The maximum atomic E-state index is 12.4. The van der Waals surface area contributed by atoms with Gasteiger partial charge in [-0.25, -0.2) is 4.79 Å². The monoisotopic (exact) mass is 384 g/mol. The molecule has 6 heteroatoms.